The van der Waals surface area contributed by atoms with Gasteiger partial charge in [-0.05, 0) is 301 Å². The van der Waals surface area contributed by atoms with Gasteiger partial charge >= 0.3 is 0 Å². The Hall–Kier alpha value is -9.64. The Morgan fingerprint density at radius 1 is 0.241 bits per heavy atom. The van der Waals surface area contributed by atoms with Crippen LogP contribution >= 0.6 is 0 Å². The molecule has 8 aromatic carbocycles. The molecule has 4 heterocycles. The Balaban J connectivity index is 0.000000114. The number of rotatable bonds is 8. The van der Waals surface area contributed by atoms with Gasteiger partial charge in [-0.1, -0.05) is 210 Å². The lowest BCUT2D eigenvalue weighted by molar-refractivity contribution is -0.660. The monoisotopic (exact) mass is 1480 g/mol. The molecule has 0 aliphatic heterocycles. The maximum atomic E-state index is 9.07. The lowest BCUT2D eigenvalue weighted by Gasteiger charge is -2.35. The third-order valence-electron chi connectivity index (χ3n) is 27.2. The number of pyridine rings is 4. The standard InChI is InChI=1S/C28H32N.2C27H30N.C26H28N/c1-20-9-5-6-10-25(20)27-15-21(2)26(19-29(27)3)22-11-12-23-17-28(18-24(23)16-22)13-7-4-8-14-28;1-20-8-4-5-9-25(20)26-17-22(12-15-28(26)2)21-10-11-23-18-27(19-24(23)16-21)13-6-3-7-14-27;1-20-7-3-4-8-25(20)26-18-23(12-16-28(26)2)21-9-10-24-19-27(13-5-6-14-27)15-11-22(24)17-21;1-19-7-3-4-8-24(19)25-16-21(11-14-27(25)2)20-9-10-22-17-26(12-5-6-13-26)18-23(22)15-20/h5-6,9-12,15-16,19H,4,7-8,13-14,17-18H2,1-3H3;4-5,8-12,15-17H,3,6-7,13-14,18-19H2,1-2H3;3-4,7-10,12,16-18H,5-6,11,13-15,19H2,1-2H3;3-4,7-11,14-16H,5-6,12-13,17-18H2,1-2H3/q4*+1/i17D2;19D2;11D2;18D2. The summed E-state index contributed by atoms with van der Waals surface area (Å²) in [6.45, 7) is 10.8. The molecule has 8 aliphatic carbocycles. The topological polar surface area (TPSA) is 15.5 Å². The van der Waals surface area contributed by atoms with E-state index in [1.807, 2.05) is 0 Å². The zero-order valence-corrected chi connectivity index (χ0v) is 68.1. The predicted molar refractivity (Wildman–Crippen MR) is 465 cm³/mol. The fourth-order valence-corrected chi connectivity index (χ4v) is 20.7. The van der Waals surface area contributed by atoms with E-state index in [0.29, 0.717) is 6.42 Å². The van der Waals surface area contributed by atoms with Crippen molar-refractivity contribution < 1.29 is 29.2 Å². The van der Waals surface area contributed by atoms with Gasteiger partial charge in [-0.15, -0.1) is 0 Å². The lowest BCUT2D eigenvalue weighted by atomic mass is 9.70. The molecular formula is C108H120N4+4. The number of nitrogens with zero attached hydrogens (tertiary/aromatic N) is 4. The molecule has 0 amide bonds. The van der Waals surface area contributed by atoms with E-state index < -0.39 is 25.5 Å². The van der Waals surface area contributed by atoms with Crippen molar-refractivity contribution in [2.24, 2.45) is 49.9 Å². The summed E-state index contributed by atoms with van der Waals surface area (Å²) in [5, 5.41) is 0. The minimum absolute atomic E-state index is 0.177. The summed E-state index contributed by atoms with van der Waals surface area (Å²) in [4.78, 5) is 0. The summed E-state index contributed by atoms with van der Waals surface area (Å²) in [6.07, 6.45) is 28.5. The third-order valence-corrected chi connectivity index (χ3v) is 27.2. The summed E-state index contributed by atoms with van der Waals surface area (Å²) in [6, 6.07) is 75.3. The summed E-state index contributed by atoms with van der Waals surface area (Å²) in [7, 11) is 8.36. The summed E-state index contributed by atoms with van der Waals surface area (Å²) in [5.74, 6) is 0. The first-order chi connectivity index (χ1) is 57.5. The normalized spacial score (nSPS) is 20.4. The van der Waals surface area contributed by atoms with Gasteiger partial charge in [-0.25, -0.2) is 18.3 Å². The van der Waals surface area contributed by atoms with Gasteiger partial charge in [-0.2, -0.15) is 0 Å². The average molecular weight is 1480 g/mol. The SMILES string of the molecule is [2H]C1([2H])CC2(CCCC2)Cc2ccc(-c3cc[n+](C)c(-c4ccccc4C)c3)cc21.[2H]C1([2H])c2cc(-c3cc[n+](C)c(-c4ccccc4C)c3)ccc2CC12CCCC2.[2H]C1([2H])c2cc(-c3cc[n+](C)c(-c4ccccc4C)c3)ccc2CC12CCCCC2.[2H]C1([2H])c2ccc(-c3c[n+](C)c(-c4ccccc4C)cc3C)cc2CC12CCCCC2. The van der Waals surface area contributed by atoms with Gasteiger partial charge in [-0.3, -0.25) is 0 Å². The van der Waals surface area contributed by atoms with Gasteiger partial charge in [0.15, 0.2) is 24.8 Å². The van der Waals surface area contributed by atoms with Gasteiger partial charge in [0.05, 0.1) is 0 Å². The van der Waals surface area contributed by atoms with Crippen molar-refractivity contribution in [2.45, 2.75) is 208 Å². The first-order valence-electron chi connectivity index (χ1n) is 46.3. The van der Waals surface area contributed by atoms with Crippen molar-refractivity contribution in [1.29, 1.82) is 0 Å². The molecule has 0 atom stereocenters. The average Bonchev–Trinajstić information content (AvgIpc) is 1.59. The van der Waals surface area contributed by atoms with E-state index in [2.05, 4.69) is 318 Å². The molecule has 4 saturated carbocycles. The Morgan fingerprint density at radius 2 is 0.545 bits per heavy atom. The van der Waals surface area contributed by atoms with E-state index >= 15 is 0 Å². The van der Waals surface area contributed by atoms with Crippen molar-refractivity contribution in [3.8, 4) is 89.5 Å². The Morgan fingerprint density at radius 3 is 0.955 bits per heavy atom. The highest BCUT2D eigenvalue weighted by Gasteiger charge is 2.42. The molecule has 4 heteroatoms. The van der Waals surface area contributed by atoms with Crippen LogP contribution in [0.3, 0.4) is 0 Å². The first kappa shape index (κ1) is 65.9. The molecule has 0 radical (unpaired) electrons. The number of fused-ring (bicyclic) bond motifs is 4. The fourth-order valence-electron chi connectivity index (χ4n) is 20.7. The van der Waals surface area contributed by atoms with Gasteiger partial charge in [0.25, 0.3) is 0 Å². The molecule has 0 unspecified atom stereocenters. The smallest absolute Gasteiger partial charge is 0.201 e. The Bertz CT molecular complexity index is 5900. The molecule has 112 heavy (non-hydrogen) atoms. The Labute approximate surface area is 682 Å². The number of hydrogen-bond acceptors (Lipinski definition) is 0. The van der Waals surface area contributed by atoms with Gasteiger partial charge in [0, 0.05) is 81.2 Å². The molecular weight excluding hydrogens is 1350 g/mol. The van der Waals surface area contributed by atoms with Crippen molar-refractivity contribution in [2.75, 3.05) is 0 Å². The molecule has 8 aliphatic rings. The van der Waals surface area contributed by atoms with Crippen molar-refractivity contribution in [3.63, 3.8) is 0 Å². The van der Waals surface area contributed by atoms with Crippen molar-refractivity contribution in [3.05, 3.63) is 309 Å². The summed E-state index contributed by atoms with van der Waals surface area (Å²) in [5.41, 5.74) is 33.4. The van der Waals surface area contributed by atoms with Crippen molar-refractivity contribution in [1.82, 2.24) is 0 Å². The molecule has 0 saturated heterocycles. The van der Waals surface area contributed by atoms with Gasteiger partial charge in [0.2, 0.25) is 22.8 Å². The maximum absolute atomic E-state index is 9.07. The van der Waals surface area contributed by atoms with Crippen LogP contribution in [0.5, 0.6) is 0 Å². The first-order valence-corrected chi connectivity index (χ1v) is 42.3. The zero-order valence-electron chi connectivity index (χ0n) is 76.1. The van der Waals surface area contributed by atoms with E-state index in [1.165, 1.54) is 145 Å². The van der Waals surface area contributed by atoms with Crippen LogP contribution in [0.15, 0.2) is 237 Å². The van der Waals surface area contributed by atoms with Crippen LogP contribution in [0.25, 0.3) is 89.5 Å². The second kappa shape index (κ2) is 31.7. The Kier molecular flexibility index (Phi) is 18.7. The van der Waals surface area contributed by atoms with Gasteiger partial charge < -0.3 is 0 Å². The quantitative estimate of drug-likeness (QED) is 0.135. The minimum atomic E-state index is -1.24. The van der Waals surface area contributed by atoms with Gasteiger partial charge in [0.1, 0.15) is 28.2 Å². The van der Waals surface area contributed by atoms with E-state index in [9.17, 15) is 0 Å². The molecule has 20 rings (SSSR count). The van der Waals surface area contributed by atoms with Crippen molar-refractivity contribution >= 4 is 0 Å². The zero-order chi connectivity index (χ0) is 83.9. The fraction of sp³-hybridized carbons (Fsp3) is 0.370. The maximum Gasteiger partial charge on any atom is 0.213 e. The highest BCUT2D eigenvalue weighted by atomic mass is 14.9. The highest BCUT2D eigenvalue weighted by Crippen LogP contribution is 2.53. The molecule has 568 valence electrons. The van der Waals surface area contributed by atoms with Crippen LogP contribution in [-0.4, -0.2) is 0 Å². The molecule has 4 aromatic heterocycles. The van der Waals surface area contributed by atoms with Crippen LogP contribution in [-0.2, 0) is 79.4 Å². The minimum Gasteiger partial charge on any atom is -0.201 e. The van der Waals surface area contributed by atoms with Crippen LogP contribution in [0.1, 0.15) is 205 Å². The third kappa shape index (κ3) is 15.6. The van der Waals surface area contributed by atoms with E-state index in [1.54, 1.807) is 0 Å². The van der Waals surface area contributed by atoms with Crippen LogP contribution < -0.4 is 18.3 Å². The predicted octanol–water partition coefficient (Wildman–Crippen LogP) is 24.7. The highest BCUT2D eigenvalue weighted by molar-refractivity contribution is 5.75. The summed E-state index contributed by atoms with van der Waals surface area (Å²) < 4.78 is 80.4. The molecule has 4 nitrogen and oxygen atoms in total. The number of aryl methyl sites for hydroxylation is 10. The van der Waals surface area contributed by atoms with E-state index in [-0.39, 0.29) is 21.7 Å². The lowest BCUT2D eigenvalue weighted by Crippen LogP contribution is -2.31. The van der Waals surface area contributed by atoms with E-state index in [4.69, 9.17) is 11.0 Å². The van der Waals surface area contributed by atoms with Crippen LogP contribution in [0.2, 0.25) is 0 Å². The molecule has 0 bridgehead atoms. The molecule has 4 spiro atoms. The molecule has 12 aromatic rings. The number of hydrogen-bond donors (Lipinski definition) is 0. The van der Waals surface area contributed by atoms with Crippen LogP contribution in [0, 0.1) is 56.3 Å². The number of benzene rings is 8. The second-order valence-electron chi connectivity index (χ2n) is 35.2. The molecule has 0 N–H and O–H groups in total. The molecule has 4 fully saturated rings. The largest absolute Gasteiger partial charge is 0.213 e. The summed E-state index contributed by atoms with van der Waals surface area (Å²) >= 11 is 0. The number of aromatic nitrogens is 4. The van der Waals surface area contributed by atoms with E-state index in [0.717, 1.165) is 158 Å². The van der Waals surface area contributed by atoms with Crippen LogP contribution in [0.4, 0.5) is 0 Å². The second-order valence-corrected chi connectivity index (χ2v) is 35.2.